The van der Waals surface area contributed by atoms with Gasteiger partial charge in [-0.25, -0.2) is 22.7 Å². The van der Waals surface area contributed by atoms with E-state index in [9.17, 15) is 13.2 Å². The van der Waals surface area contributed by atoms with Gasteiger partial charge in [0.2, 0.25) is 16.0 Å². The first-order valence-corrected chi connectivity index (χ1v) is 9.86. The molecule has 0 radical (unpaired) electrons. The molecule has 1 unspecified atom stereocenters. The molecule has 0 bridgehead atoms. The van der Waals surface area contributed by atoms with E-state index >= 15 is 0 Å². The second-order valence-electron chi connectivity index (χ2n) is 6.23. The minimum Gasteiger partial charge on any atom is -0.352 e. The first-order chi connectivity index (χ1) is 11.2. The minimum atomic E-state index is -3.24. The van der Waals surface area contributed by atoms with E-state index in [4.69, 9.17) is 0 Å². The molecule has 9 heteroatoms. The lowest BCUT2D eigenvalue weighted by Crippen LogP contribution is -2.29. The zero-order valence-corrected chi connectivity index (χ0v) is 15.4. The zero-order chi connectivity index (χ0) is 17.9. The fourth-order valence-corrected chi connectivity index (χ4v) is 3.56. The van der Waals surface area contributed by atoms with E-state index in [0.717, 1.165) is 6.42 Å². The van der Waals surface area contributed by atoms with Gasteiger partial charge >= 0.3 is 0 Å². The molecule has 0 aliphatic carbocycles. The van der Waals surface area contributed by atoms with Crippen molar-refractivity contribution < 1.29 is 13.2 Å². The molecule has 1 aromatic rings. The molecule has 1 N–H and O–H groups in total. The summed E-state index contributed by atoms with van der Waals surface area (Å²) >= 11 is 0. The van der Waals surface area contributed by atoms with Crippen molar-refractivity contribution >= 4 is 21.9 Å². The van der Waals surface area contributed by atoms with Crippen molar-refractivity contribution in [2.75, 3.05) is 44.9 Å². The average molecular weight is 355 g/mol. The van der Waals surface area contributed by atoms with Crippen LogP contribution in [0, 0.1) is 0 Å². The van der Waals surface area contributed by atoms with Crippen LogP contribution >= 0.6 is 0 Å². The van der Waals surface area contributed by atoms with Crippen molar-refractivity contribution in [3.05, 3.63) is 17.5 Å². The molecule has 134 valence electrons. The van der Waals surface area contributed by atoms with Gasteiger partial charge in [0.25, 0.3) is 5.91 Å². The number of nitrogens with zero attached hydrogens (tertiary/aromatic N) is 4. The number of carbonyl (C=O) groups excluding carboxylic acids is 1. The highest BCUT2D eigenvalue weighted by molar-refractivity contribution is 7.88. The molecule has 8 nitrogen and oxygen atoms in total. The van der Waals surface area contributed by atoms with Gasteiger partial charge in [-0.3, -0.25) is 4.79 Å². The summed E-state index contributed by atoms with van der Waals surface area (Å²) in [7, 11) is 0.415. The van der Waals surface area contributed by atoms with Crippen LogP contribution < -0.4 is 10.2 Å². The van der Waals surface area contributed by atoms with Crippen LogP contribution in [-0.4, -0.2) is 68.6 Å². The van der Waals surface area contributed by atoms with Crippen molar-refractivity contribution in [1.29, 1.82) is 0 Å². The van der Waals surface area contributed by atoms with Gasteiger partial charge in [-0.15, -0.1) is 0 Å². The zero-order valence-electron chi connectivity index (χ0n) is 14.6. The average Bonchev–Trinajstić information content (AvgIpc) is 3.02. The Hall–Kier alpha value is -1.74. The topological polar surface area (TPSA) is 95.5 Å². The van der Waals surface area contributed by atoms with Gasteiger partial charge in [0.1, 0.15) is 0 Å². The van der Waals surface area contributed by atoms with Crippen LogP contribution in [0.4, 0.5) is 5.95 Å². The second kappa shape index (κ2) is 7.43. The molecule has 1 saturated heterocycles. The van der Waals surface area contributed by atoms with Crippen LogP contribution in [0.25, 0.3) is 0 Å². The number of sulfonamides is 1. The van der Waals surface area contributed by atoms with E-state index in [-0.39, 0.29) is 11.8 Å². The maximum atomic E-state index is 12.4. The van der Waals surface area contributed by atoms with Crippen molar-refractivity contribution in [1.82, 2.24) is 19.6 Å². The normalized spacial score (nSPS) is 18.6. The van der Waals surface area contributed by atoms with E-state index in [2.05, 4.69) is 15.3 Å². The summed E-state index contributed by atoms with van der Waals surface area (Å²) in [4.78, 5) is 22.9. The predicted octanol–water partition coefficient (Wildman–Crippen LogP) is 0.431. The third-order valence-electron chi connectivity index (χ3n) is 3.99. The summed E-state index contributed by atoms with van der Waals surface area (Å²) in [5, 5.41) is 2.84. The summed E-state index contributed by atoms with van der Waals surface area (Å²) in [6.45, 7) is 3.35. The standard InChI is InChI=1S/C15H25N5O3S/c1-5-7-16-14(21)12-9-17-15(19(2)3)18-13(12)11-6-8-20(10-11)24(4,22)23/h9,11H,5-8,10H2,1-4H3,(H,16,21). The Bertz CT molecular complexity index is 705. The molecule has 0 spiro atoms. The number of hydrogen-bond acceptors (Lipinski definition) is 6. The fraction of sp³-hybridized carbons (Fsp3) is 0.667. The third-order valence-corrected chi connectivity index (χ3v) is 5.26. The highest BCUT2D eigenvalue weighted by atomic mass is 32.2. The Balaban J connectivity index is 2.35. The number of rotatable bonds is 6. The summed E-state index contributed by atoms with van der Waals surface area (Å²) < 4.78 is 24.9. The van der Waals surface area contributed by atoms with E-state index in [0.29, 0.717) is 43.3 Å². The first kappa shape index (κ1) is 18.6. The SMILES string of the molecule is CCCNC(=O)c1cnc(N(C)C)nc1C1CCN(S(C)(=O)=O)C1. The van der Waals surface area contributed by atoms with Crippen LogP contribution in [0.3, 0.4) is 0 Å². The Kier molecular flexibility index (Phi) is 5.76. The van der Waals surface area contributed by atoms with Gasteiger partial charge in [-0.1, -0.05) is 6.92 Å². The van der Waals surface area contributed by atoms with Crippen LogP contribution in [-0.2, 0) is 10.0 Å². The van der Waals surface area contributed by atoms with E-state index in [1.807, 2.05) is 21.0 Å². The maximum Gasteiger partial charge on any atom is 0.254 e. The van der Waals surface area contributed by atoms with Gasteiger partial charge in [0, 0.05) is 45.8 Å². The molecule has 2 heterocycles. The molecule has 1 aliphatic rings. The molecule has 1 aliphatic heterocycles. The summed E-state index contributed by atoms with van der Waals surface area (Å²) in [5.41, 5.74) is 1.04. The second-order valence-corrected chi connectivity index (χ2v) is 8.21. The lowest BCUT2D eigenvalue weighted by atomic mass is 10.00. The largest absolute Gasteiger partial charge is 0.352 e. The molecule has 1 fully saturated rings. The maximum absolute atomic E-state index is 12.4. The van der Waals surface area contributed by atoms with Gasteiger partial charge in [0.05, 0.1) is 17.5 Å². The summed E-state index contributed by atoms with van der Waals surface area (Å²) in [6.07, 6.45) is 4.22. The lowest BCUT2D eigenvalue weighted by Gasteiger charge is -2.18. The first-order valence-electron chi connectivity index (χ1n) is 8.01. The molecule has 0 aromatic carbocycles. The number of hydrogen-bond donors (Lipinski definition) is 1. The Morgan fingerprint density at radius 2 is 2.17 bits per heavy atom. The molecule has 24 heavy (non-hydrogen) atoms. The number of aromatic nitrogens is 2. The van der Waals surface area contributed by atoms with Crippen molar-refractivity contribution in [3.8, 4) is 0 Å². The minimum absolute atomic E-state index is 0.108. The Morgan fingerprint density at radius 3 is 2.71 bits per heavy atom. The quantitative estimate of drug-likeness (QED) is 0.795. The number of carbonyl (C=O) groups is 1. The fourth-order valence-electron chi connectivity index (χ4n) is 2.67. The third kappa shape index (κ3) is 4.21. The smallest absolute Gasteiger partial charge is 0.254 e. The van der Waals surface area contributed by atoms with Crippen molar-refractivity contribution in [2.45, 2.75) is 25.7 Å². The molecule has 2 rings (SSSR count). The molecule has 1 atom stereocenters. The highest BCUT2D eigenvalue weighted by Crippen LogP contribution is 2.30. The van der Waals surface area contributed by atoms with Crippen molar-refractivity contribution in [3.63, 3.8) is 0 Å². The van der Waals surface area contributed by atoms with E-state index in [1.165, 1.54) is 16.8 Å². The monoisotopic (exact) mass is 355 g/mol. The van der Waals surface area contributed by atoms with E-state index in [1.54, 1.807) is 4.90 Å². The van der Waals surface area contributed by atoms with Crippen LogP contribution in [0.1, 0.15) is 41.7 Å². The van der Waals surface area contributed by atoms with Gasteiger partial charge in [-0.05, 0) is 12.8 Å². The molecule has 1 amide bonds. The molecular weight excluding hydrogens is 330 g/mol. The molecule has 1 aromatic heterocycles. The van der Waals surface area contributed by atoms with E-state index < -0.39 is 10.0 Å². The summed E-state index contributed by atoms with van der Waals surface area (Å²) in [5.74, 6) is 0.189. The lowest BCUT2D eigenvalue weighted by molar-refractivity contribution is 0.0951. The number of anilines is 1. The van der Waals surface area contributed by atoms with Gasteiger partial charge in [0.15, 0.2) is 0 Å². The van der Waals surface area contributed by atoms with Crippen LogP contribution in [0.15, 0.2) is 6.20 Å². The molecular formula is C15H25N5O3S. The van der Waals surface area contributed by atoms with Crippen LogP contribution in [0.2, 0.25) is 0 Å². The predicted molar refractivity (Wildman–Crippen MR) is 92.8 cm³/mol. The van der Waals surface area contributed by atoms with Crippen molar-refractivity contribution in [2.24, 2.45) is 0 Å². The number of amides is 1. The van der Waals surface area contributed by atoms with Gasteiger partial charge < -0.3 is 10.2 Å². The summed E-state index contributed by atoms with van der Waals surface area (Å²) in [6, 6.07) is 0. The Labute approximate surface area is 143 Å². The Morgan fingerprint density at radius 1 is 1.46 bits per heavy atom. The highest BCUT2D eigenvalue weighted by Gasteiger charge is 2.33. The number of nitrogens with one attached hydrogen (secondary N) is 1. The van der Waals surface area contributed by atoms with Crippen LogP contribution in [0.5, 0.6) is 0 Å². The van der Waals surface area contributed by atoms with Gasteiger partial charge in [-0.2, -0.15) is 0 Å². The molecule has 0 saturated carbocycles.